The van der Waals surface area contributed by atoms with Crippen molar-refractivity contribution in [3.63, 3.8) is 0 Å². The van der Waals surface area contributed by atoms with E-state index in [2.05, 4.69) is 15.3 Å². The number of primary amides is 1. The van der Waals surface area contributed by atoms with Crippen molar-refractivity contribution in [3.05, 3.63) is 12.5 Å². The first kappa shape index (κ1) is 11.2. The summed E-state index contributed by atoms with van der Waals surface area (Å²) >= 11 is 0. The number of hydrogen-bond donors (Lipinski definition) is 3. The van der Waals surface area contributed by atoms with Crippen LogP contribution >= 0.6 is 0 Å². The third kappa shape index (κ3) is 3.41. The molecule has 5 N–H and O–H groups in total. The lowest BCUT2D eigenvalue weighted by molar-refractivity contribution is -0.118. The monoisotopic (exact) mass is 209 g/mol. The van der Waals surface area contributed by atoms with Crippen LogP contribution in [0.25, 0.3) is 0 Å². The zero-order valence-corrected chi connectivity index (χ0v) is 8.82. The fourth-order valence-electron chi connectivity index (χ4n) is 1.25. The molecule has 6 nitrogen and oxygen atoms in total. The number of carbonyl (C=O) groups is 1. The number of nitrogens with two attached hydrogens (primary N) is 2. The normalized spacial score (nSPS) is 11.1. The van der Waals surface area contributed by atoms with Crippen LogP contribution in [0.1, 0.15) is 20.3 Å². The van der Waals surface area contributed by atoms with Gasteiger partial charge in [-0.25, -0.2) is 9.97 Å². The Morgan fingerprint density at radius 3 is 2.80 bits per heavy atom. The van der Waals surface area contributed by atoms with E-state index < -0.39 is 5.54 Å². The lowest BCUT2D eigenvalue weighted by Gasteiger charge is -2.25. The average molecular weight is 209 g/mol. The first-order chi connectivity index (χ1) is 6.91. The molecule has 6 heteroatoms. The molecule has 0 unspecified atom stereocenters. The summed E-state index contributed by atoms with van der Waals surface area (Å²) < 4.78 is 0. The molecule has 0 saturated carbocycles. The summed E-state index contributed by atoms with van der Waals surface area (Å²) in [6, 6.07) is 0. The second-order valence-electron chi connectivity index (χ2n) is 3.98. The molecule has 0 aromatic carbocycles. The smallest absolute Gasteiger partial charge is 0.219 e. The Kier molecular flexibility index (Phi) is 3.08. The summed E-state index contributed by atoms with van der Waals surface area (Å²) in [6.07, 6.45) is 3.09. The Balaban J connectivity index is 2.77. The van der Waals surface area contributed by atoms with Crippen LogP contribution in [0.15, 0.2) is 12.5 Å². The van der Waals surface area contributed by atoms with Gasteiger partial charge in [0.25, 0.3) is 0 Å². The molecule has 0 bridgehead atoms. The van der Waals surface area contributed by atoms with E-state index >= 15 is 0 Å². The van der Waals surface area contributed by atoms with E-state index in [1.165, 1.54) is 12.5 Å². The van der Waals surface area contributed by atoms with Gasteiger partial charge in [-0.2, -0.15) is 0 Å². The molecule has 0 aliphatic rings. The summed E-state index contributed by atoms with van der Waals surface area (Å²) in [5.41, 5.74) is 10.7. The average Bonchev–Trinajstić information content (AvgIpc) is 2.06. The van der Waals surface area contributed by atoms with Crippen LogP contribution < -0.4 is 16.8 Å². The third-order valence-corrected chi connectivity index (χ3v) is 1.81. The first-order valence-corrected chi connectivity index (χ1v) is 4.53. The summed E-state index contributed by atoms with van der Waals surface area (Å²) in [5.74, 6) is 0.136. The van der Waals surface area contributed by atoms with Gasteiger partial charge in [0.2, 0.25) is 5.91 Å². The van der Waals surface area contributed by atoms with Gasteiger partial charge in [0.15, 0.2) is 5.82 Å². The Morgan fingerprint density at radius 2 is 2.27 bits per heavy atom. The van der Waals surface area contributed by atoms with Gasteiger partial charge in [-0.15, -0.1) is 0 Å². The summed E-state index contributed by atoms with van der Waals surface area (Å²) in [4.78, 5) is 18.5. The highest BCUT2D eigenvalue weighted by Crippen LogP contribution is 2.19. The molecule has 0 saturated heterocycles. The van der Waals surface area contributed by atoms with E-state index in [4.69, 9.17) is 11.5 Å². The Labute approximate surface area is 88.1 Å². The maximum Gasteiger partial charge on any atom is 0.219 e. The first-order valence-electron chi connectivity index (χ1n) is 4.53. The number of nitrogen functional groups attached to an aromatic ring is 1. The highest BCUT2D eigenvalue weighted by atomic mass is 16.1. The van der Waals surface area contributed by atoms with Gasteiger partial charge in [0, 0.05) is 12.0 Å². The van der Waals surface area contributed by atoms with Crippen LogP contribution in [0.5, 0.6) is 0 Å². The molecule has 1 rings (SSSR count). The Bertz CT molecular complexity index is 363. The van der Waals surface area contributed by atoms with E-state index in [9.17, 15) is 4.79 Å². The van der Waals surface area contributed by atoms with Gasteiger partial charge in [-0.05, 0) is 13.8 Å². The number of rotatable bonds is 4. The van der Waals surface area contributed by atoms with Crippen LogP contribution in [0.4, 0.5) is 11.5 Å². The number of amides is 1. The fourth-order valence-corrected chi connectivity index (χ4v) is 1.25. The number of nitrogens with zero attached hydrogens (tertiary/aromatic N) is 2. The Morgan fingerprint density at radius 1 is 1.60 bits per heavy atom. The van der Waals surface area contributed by atoms with Crippen LogP contribution in [0, 0.1) is 0 Å². The highest BCUT2D eigenvalue weighted by Gasteiger charge is 2.21. The number of aromatic nitrogens is 2. The predicted octanol–water partition coefficient (Wildman–Crippen LogP) is 0.125. The molecular formula is C9H15N5O. The van der Waals surface area contributed by atoms with E-state index in [0.717, 1.165) is 0 Å². The molecule has 0 fully saturated rings. The SMILES string of the molecule is CC(C)(CC(N)=O)Nc1ncncc1N. The van der Waals surface area contributed by atoms with Crippen molar-refractivity contribution in [2.24, 2.45) is 5.73 Å². The number of carbonyl (C=O) groups excluding carboxylic acids is 1. The number of anilines is 2. The molecule has 15 heavy (non-hydrogen) atoms. The molecule has 1 amide bonds. The quantitative estimate of drug-likeness (QED) is 0.653. The minimum absolute atomic E-state index is 0.205. The standard InChI is InChI=1S/C9H15N5O/c1-9(2,3-7(11)15)14-8-6(10)4-12-5-13-8/h4-5H,3,10H2,1-2H3,(H2,11,15)(H,12,13,14). The van der Waals surface area contributed by atoms with Gasteiger partial charge < -0.3 is 16.8 Å². The van der Waals surface area contributed by atoms with Crippen molar-refractivity contribution in [2.75, 3.05) is 11.1 Å². The lowest BCUT2D eigenvalue weighted by atomic mass is 10.0. The molecule has 0 atom stereocenters. The minimum atomic E-state index is -0.478. The third-order valence-electron chi connectivity index (χ3n) is 1.81. The second-order valence-corrected chi connectivity index (χ2v) is 3.98. The van der Waals surface area contributed by atoms with Crippen molar-refractivity contribution in [3.8, 4) is 0 Å². The zero-order chi connectivity index (χ0) is 11.5. The summed E-state index contributed by atoms with van der Waals surface area (Å²) in [5, 5.41) is 3.04. The van der Waals surface area contributed by atoms with E-state index in [-0.39, 0.29) is 12.3 Å². The molecule has 1 aromatic rings. The van der Waals surface area contributed by atoms with Crippen LogP contribution in [0.2, 0.25) is 0 Å². The van der Waals surface area contributed by atoms with Crippen molar-refractivity contribution in [2.45, 2.75) is 25.8 Å². The van der Waals surface area contributed by atoms with Gasteiger partial charge >= 0.3 is 0 Å². The molecule has 0 aliphatic heterocycles. The van der Waals surface area contributed by atoms with Crippen molar-refractivity contribution in [1.29, 1.82) is 0 Å². The summed E-state index contributed by atoms with van der Waals surface area (Å²) in [7, 11) is 0. The van der Waals surface area contributed by atoms with Gasteiger partial charge in [0.05, 0.1) is 11.9 Å². The van der Waals surface area contributed by atoms with Gasteiger partial charge in [0.1, 0.15) is 6.33 Å². The maximum absolute atomic E-state index is 10.8. The highest BCUT2D eigenvalue weighted by molar-refractivity contribution is 5.76. The fraction of sp³-hybridized carbons (Fsp3) is 0.444. The van der Waals surface area contributed by atoms with Crippen LogP contribution in [0.3, 0.4) is 0 Å². The Hall–Kier alpha value is -1.85. The number of nitrogens with one attached hydrogen (secondary N) is 1. The van der Waals surface area contributed by atoms with Crippen LogP contribution in [-0.4, -0.2) is 21.4 Å². The van der Waals surface area contributed by atoms with Gasteiger partial charge in [-0.3, -0.25) is 4.79 Å². The molecule has 0 aliphatic carbocycles. The van der Waals surface area contributed by atoms with Gasteiger partial charge in [-0.1, -0.05) is 0 Å². The zero-order valence-electron chi connectivity index (χ0n) is 8.82. The molecule has 82 valence electrons. The molecule has 0 spiro atoms. The van der Waals surface area contributed by atoms with Crippen molar-refractivity contribution >= 4 is 17.4 Å². The second kappa shape index (κ2) is 4.12. The summed E-state index contributed by atoms with van der Waals surface area (Å²) in [6.45, 7) is 3.69. The molecule has 1 heterocycles. The van der Waals surface area contributed by atoms with E-state index in [0.29, 0.717) is 11.5 Å². The maximum atomic E-state index is 10.8. The largest absolute Gasteiger partial charge is 0.394 e. The molecule has 0 radical (unpaired) electrons. The predicted molar refractivity (Wildman–Crippen MR) is 58.0 cm³/mol. The minimum Gasteiger partial charge on any atom is -0.394 e. The molecule has 1 aromatic heterocycles. The van der Waals surface area contributed by atoms with Crippen molar-refractivity contribution < 1.29 is 4.79 Å². The van der Waals surface area contributed by atoms with E-state index in [1.807, 2.05) is 13.8 Å². The van der Waals surface area contributed by atoms with E-state index in [1.54, 1.807) is 0 Å². The lowest BCUT2D eigenvalue weighted by Crippen LogP contribution is -2.36. The van der Waals surface area contributed by atoms with Crippen molar-refractivity contribution in [1.82, 2.24) is 9.97 Å². The molecular weight excluding hydrogens is 194 g/mol. The van der Waals surface area contributed by atoms with Crippen LogP contribution in [-0.2, 0) is 4.79 Å². The number of hydrogen-bond acceptors (Lipinski definition) is 5. The topological polar surface area (TPSA) is 107 Å².